The molecule has 1 fully saturated rings. The maximum atomic E-state index is 2.59. The molecule has 0 bridgehead atoms. The zero-order chi connectivity index (χ0) is 15.0. The Kier molecular flexibility index (Phi) is 5.89. The summed E-state index contributed by atoms with van der Waals surface area (Å²) in [5, 5.41) is 0. The molecule has 1 nitrogen and oxygen atoms in total. The molecular weight excluding hydrogens is 333 g/mol. The van der Waals surface area contributed by atoms with E-state index in [1.54, 1.807) is 0 Å². The number of likely N-dealkylation sites (tertiary alicyclic amines) is 1. The summed E-state index contributed by atoms with van der Waals surface area (Å²) in [6.45, 7) is 3.62. The van der Waals surface area contributed by atoms with Crippen LogP contribution in [0.15, 0.2) is 66.7 Å². The second-order valence-electron chi connectivity index (χ2n) is 5.71. The molecule has 0 amide bonds. The van der Waals surface area contributed by atoms with Gasteiger partial charge in [0.15, 0.2) is 0 Å². The molecule has 0 aromatic heterocycles. The average molecular weight is 356 g/mol. The van der Waals surface area contributed by atoms with Crippen molar-refractivity contribution in [2.24, 2.45) is 0 Å². The monoisotopic (exact) mass is 357 g/mol. The number of hydrogen-bond acceptors (Lipinski definition) is 1. The van der Waals surface area contributed by atoms with Gasteiger partial charge >= 0.3 is 140 Å². The van der Waals surface area contributed by atoms with Gasteiger partial charge in [-0.15, -0.1) is 0 Å². The number of hydrogen-bond donors (Lipinski definition) is 0. The van der Waals surface area contributed by atoms with E-state index in [2.05, 4.69) is 71.6 Å². The molecule has 3 rings (SSSR count). The summed E-state index contributed by atoms with van der Waals surface area (Å²) in [4.78, 5) is 2.59. The summed E-state index contributed by atoms with van der Waals surface area (Å²) in [6, 6.07) is 21.8. The standard InChI is InChI=1S/C20H23NSe/c1-4-10-18(11-5-1)20(22-19-12-6-2-7-13-19)14-17-21-15-8-3-9-16-21/h1-2,4-7,10-14H,3,8-9,15-17H2/b20-14-. The molecule has 1 saturated heterocycles. The van der Waals surface area contributed by atoms with Gasteiger partial charge in [0.1, 0.15) is 0 Å². The molecule has 0 saturated carbocycles. The number of rotatable bonds is 5. The van der Waals surface area contributed by atoms with E-state index in [4.69, 9.17) is 0 Å². The molecule has 2 aromatic carbocycles. The van der Waals surface area contributed by atoms with Gasteiger partial charge in [0.2, 0.25) is 0 Å². The first-order valence-electron chi connectivity index (χ1n) is 8.13. The summed E-state index contributed by atoms with van der Waals surface area (Å²) >= 11 is 0.373. The Morgan fingerprint density at radius 3 is 2.18 bits per heavy atom. The van der Waals surface area contributed by atoms with Crippen LogP contribution in [0.4, 0.5) is 0 Å². The van der Waals surface area contributed by atoms with Crippen molar-refractivity contribution >= 4 is 23.9 Å². The van der Waals surface area contributed by atoms with Gasteiger partial charge in [-0.05, 0) is 0 Å². The van der Waals surface area contributed by atoms with E-state index in [0.29, 0.717) is 15.0 Å². The Bertz CT molecular complexity index is 586. The minimum atomic E-state index is 0.373. The van der Waals surface area contributed by atoms with Crippen LogP contribution in [-0.2, 0) is 0 Å². The van der Waals surface area contributed by atoms with Crippen molar-refractivity contribution in [1.29, 1.82) is 0 Å². The Labute approximate surface area is 140 Å². The molecule has 1 heterocycles. The predicted molar refractivity (Wildman–Crippen MR) is 96.5 cm³/mol. The SMILES string of the molecule is C(/CN1CCCCC1)=C(/[Se]c1ccccc1)c1ccccc1. The van der Waals surface area contributed by atoms with E-state index in [9.17, 15) is 0 Å². The minimum absolute atomic E-state index is 0.373. The number of benzene rings is 2. The van der Waals surface area contributed by atoms with Crippen molar-refractivity contribution < 1.29 is 0 Å². The van der Waals surface area contributed by atoms with E-state index < -0.39 is 0 Å². The molecule has 0 N–H and O–H groups in total. The van der Waals surface area contributed by atoms with Crippen molar-refractivity contribution in [3.8, 4) is 0 Å². The van der Waals surface area contributed by atoms with Crippen LogP contribution in [0.2, 0.25) is 0 Å². The van der Waals surface area contributed by atoms with E-state index in [1.165, 1.54) is 46.8 Å². The molecule has 0 unspecified atom stereocenters. The third-order valence-electron chi connectivity index (χ3n) is 4.01. The molecule has 1 aliphatic rings. The normalized spacial score (nSPS) is 16.6. The Balaban J connectivity index is 1.76. The van der Waals surface area contributed by atoms with E-state index in [1.807, 2.05) is 0 Å². The maximum absolute atomic E-state index is 2.59. The summed E-state index contributed by atoms with van der Waals surface area (Å²) in [7, 11) is 0. The van der Waals surface area contributed by atoms with Crippen molar-refractivity contribution in [3.63, 3.8) is 0 Å². The van der Waals surface area contributed by atoms with Gasteiger partial charge in [-0.1, -0.05) is 0 Å². The molecule has 22 heavy (non-hydrogen) atoms. The summed E-state index contributed by atoms with van der Waals surface area (Å²) < 4.78 is 2.95. The summed E-state index contributed by atoms with van der Waals surface area (Å²) in [5.41, 5.74) is 1.38. The fraction of sp³-hybridized carbons (Fsp3) is 0.300. The van der Waals surface area contributed by atoms with Crippen LogP contribution in [0.25, 0.3) is 4.47 Å². The van der Waals surface area contributed by atoms with Crippen LogP contribution >= 0.6 is 0 Å². The van der Waals surface area contributed by atoms with Gasteiger partial charge < -0.3 is 0 Å². The Hall–Kier alpha value is -1.34. The Morgan fingerprint density at radius 2 is 1.50 bits per heavy atom. The molecule has 0 atom stereocenters. The first kappa shape index (κ1) is 15.6. The van der Waals surface area contributed by atoms with E-state index in [-0.39, 0.29) is 0 Å². The topological polar surface area (TPSA) is 3.24 Å². The van der Waals surface area contributed by atoms with Crippen LogP contribution in [0.3, 0.4) is 0 Å². The summed E-state index contributed by atoms with van der Waals surface area (Å²) in [5.74, 6) is 0. The van der Waals surface area contributed by atoms with Crippen LogP contribution < -0.4 is 4.46 Å². The molecule has 114 valence electrons. The van der Waals surface area contributed by atoms with Gasteiger partial charge in [-0.3, -0.25) is 0 Å². The van der Waals surface area contributed by atoms with E-state index >= 15 is 0 Å². The molecule has 0 spiro atoms. The fourth-order valence-electron chi connectivity index (χ4n) is 2.79. The van der Waals surface area contributed by atoms with E-state index in [0.717, 1.165) is 6.54 Å². The zero-order valence-corrected chi connectivity index (χ0v) is 14.7. The quantitative estimate of drug-likeness (QED) is 0.741. The van der Waals surface area contributed by atoms with Crippen molar-refractivity contribution in [1.82, 2.24) is 4.90 Å². The second kappa shape index (κ2) is 8.33. The van der Waals surface area contributed by atoms with Crippen LogP contribution in [0.5, 0.6) is 0 Å². The van der Waals surface area contributed by atoms with Gasteiger partial charge in [0, 0.05) is 0 Å². The zero-order valence-electron chi connectivity index (χ0n) is 12.9. The first-order chi connectivity index (χ1) is 10.9. The molecule has 1 aliphatic heterocycles. The molecule has 0 aliphatic carbocycles. The first-order valence-corrected chi connectivity index (χ1v) is 9.84. The molecule has 2 aromatic rings. The van der Waals surface area contributed by atoms with Crippen molar-refractivity contribution in [2.45, 2.75) is 19.3 Å². The van der Waals surface area contributed by atoms with Crippen LogP contribution in [0.1, 0.15) is 24.8 Å². The third kappa shape index (κ3) is 4.58. The number of nitrogens with zero attached hydrogens (tertiary/aromatic N) is 1. The van der Waals surface area contributed by atoms with Crippen LogP contribution in [0, 0.1) is 0 Å². The van der Waals surface area contributed by atoms with Gasteiger partial charge in [0.05, 0.1) is 0 Å². The van der Waals surface area contributed by atoms with Crippen molar-refractivity contribution in [3.05, 3.63) is 72.3 Å². The number of piperidine rings is 1. The molecule has 2 heteroatoms. The average Bonchev–Trinajstić information content (AvgIpc) is 2.61. The fourth-order valence-corrected chi connectivity index (χ4v) is 4.80. The van der Waals surface area contributed by atoms with Gasteiger partial charge in [0.25, 0.3) is 0 Å². The Morgan fingerprint density at radius 1 is 0.864 bits per heavy atom. The van der Waals surface area contributed by atoms with Gasteiger partial charge in [-0.25, -0.2) is 0 Å². The molecular formula is C20H23NSe. The molecule has 0 radical (unpaired) electrons. The predicted octanol–water partition coefficient (Wildman–Crippen LogP) is 3.54. The van der Waals surface area contributed by atoms with Gasteiger partial charge in [-0.2, -0.15) is 0 Å². The van der Waals surface area contributed by atoms with Crippen molar-refractivity contribution in [2.75, 3.05) is 19.6 Å². The second-order valence-corrected chi connectivity index (χ2v) is 8.05. The summed E-state index contributed by atoms with van der Waals surface area (Å²) in [6.07, 6.45) is 6.59. The third-order valence-corrected chi connectivity index (χ3v) is 6.38. The van der Waals surface area contributed by atoms with Crippen LogP contribution in [-0.4, -0.2) is 39.5 Å².